The van der Waals surface area contributed by atoms with Crippen LogP contribution in [0.4, 0.5) is 0 Å². The van der Waals surface area contributed by atoms with Crippen LogP contribution in [-0.4, -0.2) is 39.1 Å². The van der Waals surface area contributed by atoms with Crippen LogP contribution >= 0.6 is 0 Å². The molecule has 0 fully saturated rings. The molecule has 3 heteroatoms. The highest BCUT2D eigenvalue weighted by Crippen LogP contribution is 1.92. The highest BCUT2D eigenvalue weighted by molar-refractivity contribution is 4.36. The van der Waals surface area contributed by atoms with Crippen LogP contribution in [0.2, 0.25) is 0 Å². The van der Waals surface area contributed by atoms with E-state index in [9.17, 15) is 0 Å². The second-order valence-corrected chi connectivity index (χ2v) is 4.19. The highest BCUT2D eigenvalue weighted by atomic mass is 16.5. The van der Waals surface area contributed by atoms with E-state index in [0.29, 0.717) is 25.4 Å². The van der Waals surface area contributed by atoms with Gasteiger partial charge in [0.1, 0.15) is 0 Å². The van der Waals surface area contributed by atoms with Crippen LogP contribution in [0.5, 0.6) is 0 Å². The normalized spacial score (nSPS) is 10.5. The average molecular weight is 234 g/mol. The molecule has 0 rings (SSSR count). The van der Waals surface area contributed by atoms with E-state index < -0.39 is 0 Å². The molecule has 0 atom stereocenters. The van der Waals surface area contributed by atoms with Crippen molar-refractivity contribution in [1.29, 1.82) is 0 Å². The fraction of sp³-hybridized carbons (Fsp3) is 1.00. The fourth-order valence-electron chi connectivity index (χ4n) is 0.831. The van der Waals surface area contributed by atoms with Gasteiger partial charge in [0.25, 0.3) is 0 Å². The average Bonchev–Trinajstić information content (AvgIpc) is 2.18. The molecule has 100 valence electrons. The first-order valence-electron chi connectivity index (χ1n) is 6.26. The Hall–Kier alpha value is -0.120. The van der Waals surface area contributed by atoms with Gasteiger partial charge in [-0.1, -0.05) is 13.3 Å². The third-order valence-corrected chi connectivity index (χ3v) is 1.69. The van der Waals surface area contributed by atoms with Crippen molar-refractivity contribution in [2.45, 2.75) is 59.7 Å². The van der Waals surface area contributed by atoms with Crippen LogP contribution in [-0.2, 0) is 14.2 Å². The second kappa shape index (κ2) is 14.9. The van der Waals surface area contributed by atoms with E-state index >= 15 is 0 Å². The Kier molecular flexibility index (Phi) is 17.0. The summed E-state index contributed by atoms with van der Waals surface area (Å²) >= 11 is 0. The van der Waals surface area contributed by atoms with E-state index in [2.05, 4.69) is 20.8 Å². The van der Waals surface area contributed by atoms with Crippen LogP contribution in [0.25, 0.3) is 0 Å². The van der Waals surface area contributed by atoms with Gasteiger partial charge in [-0.2, -0.15) is 0 Å². The lowest BCUT2D eigenvalue weighted by Crippen LogP contribution is -2.07. The smallest absolute Gasteiger partial charge is 0.0703 e. The summed E-state index contributed by atoms with van der Waals surface area (Å²) in [6.45, 7) is 12.6. The summed E-state index contributed by atoms with van der Waals surface area (Å²) < 4.78 is 15.2. The molecule has 0 aromatic carbocycles. The van der Waals surface area contributed by atoms with Gasteiger partial charge in [-0.15, -0.1) is 0 Å². The van der Waals surface area contributed by atoms with E-state index in [4.69, 9.17) is 14.2 Å². The van der Waals surface area contributed by atoms with Gasteiger partial charge in [0.05, 0.1) is 25.4 Å². The molecule has 0 aromatic rings. The van der Waals surface area contributed by atoms with Crippen molar-refractivity contribution in [2.24, 2.45) is 0 Å². The van der Waals surface area contributed by atoms with Gasteiger partial charge < -0.3 is 14.2 Å². The zero-order valence-corrected chi connectivity index (χ0v) is 11.9. The summed E-state index contributed by atoms with van der Waals surface area (Å²) in [5, 5.41) is 0. The summed E-state index contributed by atoms with van der Waals surface area (Å²) in [6, 6.07) is 0. The predicted octanol–water partition coefficient (Wildman–Crippen LogP) is 3.27. The summed E-state index contributed by atoms with van der Waals surface area (Å²) in [6.07, 6.45) is 3.15. The molecule has 0 saturated carbocycles. The van der Waals surface area contributed by atoms with Crippen LogP contribution in [0.1, 0.15) is 47.5 Å². The summed E-state index contributed by atoms with van der Waals surface area (Å²) in [7, 11) is 1.67. The van der Waals surface area contributed by atoms with E-state index in [1.807, 2.05) is 13.8 Å². The Morgan fingerprint density at radius 2 is 1.31 bits per heavy atom. The van der Waals surface area contributed by atoms with Crippen molar-refractivity contribution < 1.29 is 14.2 Å². The van der Waals surface area contributed by atoms with Crippen molar-refractivity contribution in [2.75, 3.05) is 26.9 Å². The summed E-state index contributed by atoms with van der Waals surface area (Å²) in [5.41, 5.74) is 0. The predicted molar refractivity (Wildman–Crippen MR) is 69.0 cm³/mol. The lowest BCUT2D eigenvalue weighted by Gasteiger charge is -2.04. The number of ether oxygens (including phenoxy) is 3. The minimum Gasteiger partial charge on any atom is -0.382 e. The molecule has 0 N–H and O–H groups in total. The van der Waals surface area contributed by atoms with Gasteiger partial charge in [-0.05, 0) is 34.1 Å². The Labute approximate surface area is 101 Å². The molecular weight excluding hydrogens is 204 g/mol. The molecule has 0 bridgehead atoms. The minimum absolute atomic E-state index is 0.324. The molecule has 0 aromatic heterocycles. The summed E-state index contributed by atoms with van der Waals surface area (Å²) in [5.74, 6) is 0. The third kappa shape index (κ3) is 23.6. The lowest BCUT2D eigenvalue weighted by molar-refractivity contribution is 0.0351. The number of hydrogen-bond acceptors (Lipinski definition) is 3. The molecule has 0 radical (unpaired) electrons. The minimum atomic E-state index is 0.324. The standard InChI is InChI=1S/C7H16O.C6H14O2/c1-4-5-6-8-7(2)3;1-6(2)8-5-4-7-3/h7H,4-6H2,1-3H3;6H,4-5H2,1-3H3. The molecule has 3 nitrogen and oxygen atoms in total. The second-order valence-electron chi connectivity index (χ2n) is 4.19. The maximum absolute atomic E-state index is 5.28. The fourth-order valence-corrected chi connectivity index (χ4v) is 0.831. The molecule has 0 amide bonds. The topological polar surface area (TPSA) is 27.7 Å². The quantitative estimate of drug-likeness (QED) is 0.603. The van der Waals surface area contributed by atoms with Crippen LogP contribution in [0.3, 0.4) is 0 Å². The van der Waals surface area contributed by atoms with Gasteiger partial charge >= 0.3 is 0 Å². The first kappa shape index (κ1) is 18.3. The van der Waals surface area contributed by atoms with Crippen molar-refractivity contribution >= 4 is 0 Å². The molecule has 0 spiro atoms. The first-order valence-corrected chi connectivity index (χ1v) is 6.26. The molecule has 0 aliphatic heterocycles. The maximum Gasteiger partial charge on any atom is 0.0703 e. The van der Waals surface area contributed by atoms with Gasteiger partial charge in [-0.25, -0.2) is 0 Å². The molecule has 0 saturated heterocycles. The Balaban J connectivity index is 0. The Morgan fingerprint density at radius 1 is 0.812 bits per heavy atom. The number of unbranched alkanes of at least 4 members (excludes halogenated alkanes) is 1. The van der Waals surface area contributed by atoms with Crippen molar-refractivity contribution in [1.82, 2.24) is 0 Å². The molecule has 0 unspecified atom stereocenters. The van der Waals surface area contributed by atoms with E-state index in [1.165, 1.54) is 12.8 Å². The van der Waals surface area contributed by atoms with Crippen LogP contribution < -0.4 is 0 Å². The van der Waals surface area contributed by atoms with Gasteiger partial charge in [0, 0.05) is 13.7 Å². The first-order chi connectivity index (χ1) is 7.54. The molecular formula is C13H30O3. The Bertz CT molecular complexity index is 99.7. The zero-order valence-electron chi connectivity index (χ0n) is 11.9. The van der Waals surface area contributed by atoms with Crippen LogP contribution in [0.15, 0.2) is 0 Å². The maximum atomic E-state index is 5.28. The number of hydrogen-bond donors (Lipinski definition) is 0. The van der Waals surface area contributed by atoms with E-state index in [1.54, 1.807) is 7.11 Å². The molecule has 0 heterocycles. The molecule has 16 heavy (non-hydrogen) atoms. The molecule has 0 aliphatic carbocycles. The van der Waals surface area contributed by atoms with Crippen molar-refractivity contribution in [3.05, 3.63) is 0 Å². The van der Waals surface area contributed by atoms with Gasteiger partial charge in [0.15, 0.2) is 0 Å². The van der Waals surface area contributed by atoms with Gasteiger partial charge in [-0.3, -0.25) is 0 Å². The van der Waals surface area contributed by atoms with Crippen LogP contribution in [0, 0.1) is 0 Å². The van der Waals surface area contributed by atoms with Crippen molar-refractivity contribution in [3.63, 3.8) is 0 Å². The third-order valence-electron chi connectivity index (χ3n) is 1.69. The SMILES string of the molecule is CCCCOC(C)C.COCCOC(C)C. The Morgan fingerprint density at radius 3 is 1.69 bits per heavy atom. The zero-order chi connectivity index (χ0) is 12.8. The van der Waals surface area contributed by atoms with E-state index in [-0.39, 0.29) is 0 Å². The summed E-state index contributed by atoms with van der Waals surface area (Å²) in [4.78, 5) is 0. The van der Waals surface area contributed by atoms with E-state index in [0.717, 1.165) is 6.61 Å². The number of methoxy groups -OCH3 is 1. The monoisotopic (exact) mass is 234 g/mol. The molecule has 0 aliphatic rings. The largest absolute Gasteiger partial charge is 0.382 e. The highest BCUT2D eigenvalue weighted by Gasteiger charge is 1.89. The van der Waals surface area contributed by atoms with Crippen molar-refractivity contribution in [3.8, 4) is 0 Å². The number of rotatable bonds is 8. The lowest BCUT2D eigenvalue weighted by atomic mass is 10.3. The van der Waals surface area contributed by atoms with Gasteiger partial charge in [0.2, 0.25) is 0 Å².